The van der Waals surface area contributed by atoms with Gasteiger partial charge in [-0.3, -0.25) is 0 Å². The average molecular weight is 366 g/mol. The van der Waals surface area contributed by atoms with Crippen LogP contribution >= 0.6 is 0 Å². The third-order valence-electron chi connectivity index (χ3n) is 5.16. The molecule has 0 amide bonds. The predicted molar refractivity (Wildman–Crippen MR) is 95.7 cm³/mol. The maximum absolute atomic E-state index is 12.9. The van der Waals surface area contributed by atoms with Crippen LogP contribution in [0.1, 0.15) is 48.0 Å². The maximum Gasteiger partial charge on any atom is 0.335 e. The van der Waals surface area contributed by atoms with Gasteiger partial charge in [-0.1, -0.05) is 25.0 Å². The van der Waals surface area contributed by atoms with Crippen LogP contribution in [0.5, 0.6) is 0 Å². The number of carbonyl (C=O) groups is 1. The number of hydrogen-bond donors (Lipinski definition) is 1. The summed E-state index contributed by atoms with van der Waals surface area (Å²) in [4.78, 5) is 11.1. The van der Waals surface area contributed by atoms with Gasteiger partial charge < -0.3 is 5.11 Å². The molecule has 0 aromatic heterocycles. The molecule has 2 heterocycles. The molecule has 1 unspecified atom stereocenters. The first-order chi connectivity index (χ1) is 12.0. The van der Waals surface area contributed by atoms with Crippen molar-refractivity contribution >= 4 is 16.2 Å². The number of carboxylic acids is 1. The highest BCUT2D eigenvalue weighted by Gasteiger charge is 2.35. The number of benzene rings is 1. The Balaban J connectivity index is 1.63. The van der Waals surface area contributed by atoms with E-state index in [2.05, 4.69) is 0 Å². The van der Waals surface area contributed by atoms with E-state index in [-0.39, 0.29) is 11.5 Å². The monoisotopic (exact) mass is 366 g/mol. The third-order valence-corrected chi connectivity index (χ3v) is 7.17. The van der Waals surface area contributed by atoms with Gasteiger partial charge in [0.1, 0.15) is 0 Å². The summed E-state index contributed by atoms with van der Waals surface area (Å²) in [6, 6.07) is 6.93. The molecule has 6 nitrogen and oxygen atoms in total. The summed E-state index contributed by atoms with van der Waals surface area (Å²) in [5.41, 5.74) is 1.24. The predicted octanol–water partition coefficient (Wildman–Crippen LogP) is 2.37. The topological polar surface area (TPSA) is 77.9 Å². The molecule has 2 saturated heterocycles. The lowest BCUT2D eigenvalue weighted by molar-refractivity contribution is 0.0696. The van der Waals surface area contributed by atoms with Crippen molar-refractivity contribution in [3.63, 3.8) is 0 Å². The SMILES string of the molecule is O=C(O)c1cccc(CC2CCN(S(=O)(=O)N3CCCCCC3)C2)c1. The summed E-state index contributed by atoms with van der Waals surface area (Å²) in [7, 11) is -3.36. The minimum absolute atomic E-state index is 0.241. The standard InChI is InChI=1S/C18H26N2O4S/c21-18(22)17-7-5-6-15(13-17)12-16-8-11-20(14-16)25(23,24)19-9-3-1-2-4-10-19/h5-7,13,16H,1-4,8-12,14H2,(H,21,22). The zero-order valence-electron chi connectivity index (χ0n) is 14.4. The molecule has 0 saturated carbocycles. The molecule has 1 aromatic rings. The Kier molecular flexibility index (Phi) is 5.76. The molecule has 0 aliphatic carbocycles. The highest BCUT2D eigenvalue weighted by atomic mass is 32.2. The van der Waals surface area contributed by atoms with E-state index in [1.807, 2.05) is 6.07 Å². The Morgan fingerprint density at radius 2 is 1.80 bits per heavy atom. The number of nitrogens with zero attached hydrogens (tertiary/aromatic N) is 2. The van der Waals surface area contributed by atoms with Gasteiger partial charge in [-0.25, -0.2) is 4.79 Å². The van der Waals surface area contributed by atoms with Crippen LogP contribution < -0.4 is 0 Å². The van der Waals surface area contributed by atoms with Crippen molar-refractivity contribution in [2.75, 3.05) is 26.2 Å². The van der Waals surface area contributed by atoms with Gasteiger partial charge in [0.15, 0.2) is 0 Å². The Morgan fingerprint density at radius 3 is 2.48 bits per heavy atom. The van der Waals surface area contributed by atoms with Crippen molar-refractivity contribution in [1.82, 2.24) is 8.61 Å². The molecule has 138 valence electrons. The third kappa shape index (κ3) is 4.40. The second-order valence-electron chi connectivity index (χ2n) is 7.04. The average Bonchev–Trinajstić information content (AvgIpc) is 2.88. The maximum atomic E-state index is 12.9. The first-order valence-electron chi connectivity index (χ1n) is 9.04. The van der Waals surface area contributed by atoms with Crippen LogP contribution in [-0.4, -0.2) is 54.3 Å². The van der Waals surface area contributed by atoms with Gasteiger partial charge in [-0.05, 0) is 49.3 Å². The normalized spacial score (nSPS) is 23.4. The van der Waals surface area contributed by atoms with Crippen LogP contribution in [0.2, 0.25) is 0 Å². The molecular formula is C18H26N2O4S. The van der Waals surface area contributed by atoms with Crippen LogP contribution in [0, 0.1) is 5.92 Å². The Bertz CT molecular complexity index is 712. The van der Waals surface area contributed by atoms with Gasteiger partial charge >= 0.3 is 5.97 Å². The molecule has 1 N–H and O–H groups in total. The Morgan fingerprint density at radius 1 is 1.08 bits per heavy atom. The molecule has 2 aliphatic rings. The molecule has 7 heteroatoms. The van der Waals surface area contributed by atoms with Crippen molar-refractivity contribution in [1.29, 1.82) is 0 Å². The van der Waals surface area contributed by atoms with Gasteiger partial charge in [0.05, 0.1) is 5.56 Å². The fourth-order valence-electron chi connectivity index (χ4n) is 3.77. The largest absolute Gasteiger partial charge is 0.478 e. The quantitative estimate of drug-likeness (QED) is 0.868. The molecule has 3 rings (SSSR count). The fraction of sp³-hybridized carbons (Fsp3) is 0.611. The number of carboxylic acid groups (broad SMARTS) is 1. The van der Waals surface area contributed by atoms with Crippen LogP contribution in [0.4, 0.5) is 0 Å². The summed E-state index contributed by atoms with van der Waals surface area (Å²) in [5, 5.41) is 9.09. The minimum Gasteiger partial charge on any atom is -0.478 e. The van der Waals surface area contributed by atoms with E-state index in [0.29, 0.717) is 32.6 Å². The molecule has 1 atom stereocenters. The molecule has 25 heavy (non-hydrogen) atoms. The van der Waals surface area contributed by atoms with Gasteiger partial charge in [0.25, 0.3) is 10.2 Å². The molecule has 0 spiro atoms. The van der Waals surface area contributed by atoms with Crippen LogP contribution in [-0.2, 0) is 16.6 Å². The highest BCUT2D eigenvalue weighted by Crippen LogP contribution is 2.26. The van der Waals surface area contributed by atoms with Gasteiger partial charge in [0.2, 0.25) is 0 Å². The zero-order valence-corrected chi connectivity index (χ0v) is 15.2. The highest BCUT2D eigenvalue weighted by molar-refractivity contribution is 7.86. The summed E-state index contributed by atoms with van der Waals surface area (Å²) in [5.74, 6) is -0.690. The fourth-order valence-corrected chi connectivity index (χ4v) is 5.56. The van der Waals surface area contributed by atoms with Crippen molar-refractivity contribution in [2.24, 2.45) is 5.92 Å². The summed E-state index contributed by atoms with van der Waals surface area (Å²) in [6.07, 6.45) is 5.64. The summed E-state index contributed by atoms with van der Waals surface area (Å²) >= 11 is 0. The lowest BCUT2D eigenvalue weighted by atomic mass is 9.97. The molecule has 2 fully saturated rings. The molecule has 2 aliphatic heterocycles. The molecule has 0 bridgehead atoms. The molecular weight excluding hydrogens is 340 g/mol. The lowest BCUT2D eigenvalue weighted by Crippen LogP contribution is -2.43. The molecule has 1 aromatic carbocycles. The lowest BCUT2D eigenvalue weighted by Gasteiger charge is -2.26. The number of rotatable bonds is 5. The smallest absolute Gasteiger partial charge is 0.335 e. The van der Waals surface area contributed by atoms with Crippen LogP contribution in [0.3, 0.4) is 0 Å². The second kappa shape index (κ2) is 7.85. The van der Waals surface area contributed by atoms with Crippen LogP contribution in [0.15, 0.2) is 24.3 Å². The zero-order chi connectivity index (χ0) is 17.9. The van der Waals surface area contributed by atoms with Crippen LogP contribution in [0.25, 0.3) is 0 Å². The first kappa shape index (κ1) is 18.4. The van der Waals surface area contributed by atoms with Gasteiger partial charge in [-0.2, -0.15) is 17.0 Å². The summed E-state index contributed by atoms with van der Waals surface area (Å²) in [6.45, 7) is 2.34. The van der Waals surface area contributed by atoms with Gasteiger partial charge in [-0.15, -0.1) is 0 Å². The van der Waals surface area contributed by atoms with Crippen molar-refractivity contribution in [3.8, 4) is 0 Å². The van der Waals surface area contributed by atoms with Crippen molar-refractivity contribution in [3.05, 3.63) is 35.4 Å². The Hall–Kier alpha value is -1.44. The van der Waals surface area contributed by atoms with E-state index in [4.69, 9.17) is 5.11 Å². The summed E-state index contributed by atoms with van der Waals surface area (Å²) < 4.78 is 29.0. The van der Waals surface area contributed by atoms with E-state index in [1.165, 1.54) is 0 Å². The van der Waals surface area contributed by atoms with E-state index in [0.717, 1.165) is 37.7 Å². The Labute approximate surface area is 149 Å². The van der Waals surface area contributed by atoms with E-state index in [9.17, 15) is 13.2 Å². The number of aromatic carboxylic acids is 1. The number of hydrogen-bond acceptors (Lipinski definition) is 3. The van der Waals surface area contributed by atoms with Crippen molar-refractivity contribution < 1.29 is 18.3 Å². The first-order valence-corrected chi connectivity index (χ1v) is 10.4. The molecule has 0 radical (unpaired) electrons. The van der Waals surface area contributed by atoms with E-state index >= 15 is 0 Å². The van der Waals surface area contributed by atoms with E-state index in [1.54, 1.807) is 26.8 Å². The van der Waals surface area contributed by atoms with Gasteiger partial charge in [0, 0.05) is 26.2 Å². The minimum atomic E-state index is -3.36. The van der Waals surface area contributed by atoms with Crippen molar-refractivity contribution in [2.45, 2.75) is 38.5 Å². The van der Waals surface area contributed by atoms with E-state index < -0.39 is 16.2 Å². The second-order valence-corrected chi connectivity index (χ2v) is 8.97.